The van der Waals surface area contributed by atoms with E-state index in [1.807, 2.05) is 29.2 Å². The van der Waals surface area contributed by atoms with Crippen LogP contribution in [-0.2, 0) is 11.2 Å². The van der Waals surface area contributed by atoms with Crippen LogP contribution in [0.2, 0.25) is 0 Å². The number of rotatable bonds is 3. The first-order valence-corrected chi connectivity index (χ1v) is 7.44. The van der Waals surface area contributed by atoms with Crippen molar-refractivity contribution in [3.63, 3.8) is 0 Å². The Bertz CT molecular complexity index is 499. The molecule has 0 saturated carbocycles. The fourth-order valence-electron chi connectivity index (χ4n) is 2.56. The third kappa shape index (κ3) is 4.48. The van der Waals surface area contributed by atoms with Crippen LogP contribution in [0, 0.1) is 5.92 Å². The molecule has 1 fully saturated rings. The number of hydrogen-bond donors (Lipinski definition) is 2. The summed E-state index contributed by atoms with van der Waals surface area (Å²) < 4.78 is 0. The molecule has 21 heavy (non-hydrogen) atoms. The van der Waals surface area contributed by atoms with E-state index in [1.165, 1.54) is 6.42 Å². The van der Waals surface area contributed by atoms with Gasteiger partial charge in [-0.15, -0.1) is 0 Å². The topological polar surface area (TPSA) is 61.4 Å². The lowest BCUT2D eigenvalue weighted by atomic mass is 10.0. The SMILES string of the molecule is CNC(=O)Cc1ccc(NC(=O)N2CCC[C@H](C)C2)cc1. The number of benzene rings is 1. The van der Waals surface area contributed by atoms with Crippen LogP contribution in [0.3, 0.4) is 0 Å². The molecule has 0 aromatic heterocycles. The van der Waals surface area contributed by atoms with Crippen molar-refractivity contribution in [2.24, 2.45) is 5.92 Å². The van der Waals surface area contributed by atoms with Crippen LogP contribution in [0.5, 0.6) is 0 Å². The van der Waals surface area contributed by atoms with Gasteiger partial charge in [0.25, 0.3) is 0 Å². The molecule has 1 saturated heterocycles. The van der Waals surface area contributed by atoms with Gasteiger partial charge < -0.3 is 15.5 Å². The van der Waals surface area contributed by atoms with Crippen molar-refractivity contribution in [2.45, 2.75) is 26.2 Å². The highest BCUT2D eigenvalue weighted by Gasteiger charge is 2.20. The van der Waals surface area contributed by atoms with E-state index in [2.05, 4.69) is 17.6 Å². The lowest BCUT2D eigenvalue weighted by molar-refractivity contribution is -0.119. The zero-order chi connectivity index (χ0) is 15.2. The lowest BCUT2D eigenvalue weighted by Crippen LogP contribution is -2.41. The van der Waals surface area contributed by atoms with Crippen molar-refractivity contribution in [3.8, 4) is 0 Å². The summed E-state index contributed by atoms with van der Waals surface area (Å²) in [5.74, 6) is 0.550. The van der Waals surface area contributed by atoms with E-state index >= 15 is 0 Å². The van der Waals surface area contributed by atoms with E-state index in [0.29, 0.717) is 12.3 Å². The van der Waals surface area contributed by atoms with Crippen LogP contribution >= 0.6 is 0 Å². The number of nitrogens with zero attached hydrogens (tertiary/aromatic N) is 1. The molecule has 1 aromatic rings. The van der Waals surface area contributed by atoms with Gasteiger partial charge in [0.2, 0.25) is 5.91 Å². The molecular weight excluding hydrogens is 266 g/mol. The quantitative estimate of drug-likeness (QED) is 0.896. The summed E-state index contributed by atoms with van der Waals surface area (Å²) in [6.07, 6.45) is 2.62. The predicted octanol–water partition coefficient (Wildman–Crippen LogP) is 2.24. The summed E-state index contributed by atoms with van der Waals surface area (Å²) in [4.78, 5) is 25.3. The van der Waals surface area contributed by atoms with Gasteiger partial charge in [0.15, 0.2) is 0 Å². The maximum atomic E-state index is 12.2. The predicted molar refractivity (Wildman–Crippen MR) is 83.2 cm³/mol. The third-order valence-electron chi connectivity index (χ3n) is 3.79. The second-order valence-corrected chi connectivity index (χ2v) is 5.67. The molecule has 0 spiro atoms. The zero-order valence-corrected chi connectivity index (χ0v) is 12.7. The largest absolute Gasteiger partial charge is 0.359 e. The zero-order valence-electron chi connectivity index (χ0n) is 12.7. The minimum absolute atomic E-state index is 0.0194. The van der Waals surface area contributed by atoms with Crippen LogP contribution in [0.15, 0.2) is 24.3 Å². The smallest absolute Gasteiger partial charge is 0.321 e. The highest BCUT2D eigenvalue weighted by Crippen LogP contribution is 2.17. The molecular formula is C16H23N3O2. The van der Waals surface area contributed by atoms with Crippen LogP contribution in [0.25, 0.3) is 0 Å². The van der Waals surface area contributed by atoms with Crippen molar-refractivity contribution in [2.75, 3.05) is 25.5 Å². The van der Waals surface area contributed by atoms with Crippen LogP contribution in [-0.4, -0.2) is 37.0 Å². The van der Waals surface area contributed by atoms with Gasteiger partial charge in [0.05, 0.1) is 6.42 Å². The first kappa shape index (κ1) is 15.4. The Labute approximate surface area is 125 Å². The molecule has 5 heteroatoms. The average molecular weight is 289 g/mol. The molecule has 5 nitrogen and oxygen atoms in total. The Morgan fingerprint density at radius 1 is 1.29 bits per heavy atom. The fraction of sp³-hybridized carbons (Fsp3) is 0.500. The molecule has 1 aliphatic rings. The molecule has 1 heterocycles. The highest BCUT2D eigenvalue weighted by atomic mass is 16.2. The Morgan fingerprint density at radius 2 is 2.00 bits per heavy atom. The van der Waals surface area contributed by atoms with Crippen molar-refractivity contribution < 1.29 is 9.59 Å². The Morgan fingerprint density at radius 3 is 2.62 bits per heavy atom. The molecule has 2 N–H and O–H groups in total. The van der Waals surface area contributed by atoms with Crippen molar-refractivity contribution in [3.05, 3.63) is 29.8 Å². The number of piperidine rings is 1. The normalized spacial score (nSPS) is 18.2. The van der Waals surface area contributed by atoms with Crippen molar-refractivity contribution in [1.29, 1.82) is 0 Å². The monoisotopic (exact) mass is 289 g/mol. The first-order chi connectivity index (χ1) is 10.1. The summed E-state index contributed by atoms with van der Waals surface area (Å²) in [6.45, 7) is 3.82. The number of likely N-dealkylation sites (N-methyl/N-ethyl adjacent to an activating group) is 1. The maximum absolute atomic E-state index is 12.2. The van der Waals surface area contributed by atoms with Gasteiger partial charge >= 0.3 is 6.03 Å². The van der Waals surface area contributed by atoms with Crippen molar-refractivity contribution in [1.82, 2.24) is 10.2 Å². The van der Waals surface area contributed by atoms with Gasteiger partial charge in [0.1, 0.15) is 0 Å². The summed E-state index contributed by atoms with van der Waals surface area (Å²) >= 11 is 0. The van der Waals surface area contributed by atoms with Gasteiger partial charge in [-0.25, -0.2) is 4.79 Å². The number of amides is 3. The van der Waals surface area contributed by atoms with Gasteiger partial charge in [-0.3, -0.25) is 4.79 Å². The number of carbonyl (C=O) groups is 2. The minimum atomic E-state index is -0.0411. The minimum Gasteiger partial charge on any atom is -0.359 e. The molecule has 0 radical (unpaired) electrons. The van der Waals surface area contributed by atoms with E-state index in [1.54, 1.807) is 7.05 Å². The Balaban J connectivity index is 1.90. The molecule has 1 aromatic carbocycles. The van der Waals surface area contributed by atoms with Crippen LogP contribution in [0.4, 0.5) is 10.5 Å². The van der Waals surface area contributed by atoms with Gasteiger partial charge in [-0.2, -0.15) is 0 Å². The number of hydrogen-bond acceptors (Lipinski definition) is 2. The molecule has 1 aliphatic heterocycles. The summed E-state index contributed by atoms with van der Waals surface area (Å²) in [5, 5.41) is 5.51. The van der Waals surface area contributed by atoms with E-state index in [0.717, 1.165) is 30.8 Å². The molecule has 114 valence electrons. The summed E-state index contributed by atoms with van der Waals surface area (Å²) in [5.41, 5.74) is 1.69. The van der Waals surface area contributed by atoms with Crippen molar-refractivity contribution >= 4 is 17.6 Å². The summed E-state index contributed by atoms with van der Waals surface area (Å²) in [7, 11) is 1.62. The van der Waals surface area contributed by atoms with E-state index in [-0.39, 0.29) is 11.9 Å². The molecule has 0 aliphatic carbocycles. The molecule has 0 unspecified atom stereocenters. The van der Waals surface area contributed by atoms with Gasteiger partial charge in [-0.05, 0) is 36.5 Å². The summed E-state index contributed by atoms with van der Waals surface area (Å²) in [6, 6.07) is 7.36. The number of likely N-dealkylation sites (tertiary alicyclic amines) is 1. The number of urea groups is 1. The fourth-order valence-corrected chi connectivity index (χ4v) is 2.56. The lowest BCUT2D eigenvalue weighted by Gasteiger charge is -2.30. The second kappa shape index (κ2) is 7.11. The first-order valence-electron chi connectivity index (χ1n) is 7.44. The molecule has 1 atom stereocenters. The maximum Gasteiger partial charge on any atom is 0.321 e. The standard InChI is InChI=1S/C16H23N3O2/c1-12-4-3-9-19(11-12)16(21)18-14-7-5-13(6-8-14)10-15(20)17-2/h5-8,12H,3-4,9-11H2,1-2H3,(H,17,20)(H,18,21)/t12-/m0/s1. The molecule has 0 bridgehead atoms. The van der Waals surface area contributed by atoms with Crippen LogP contribution < -0.4 is 10.6 Å². The Hall–Kier alpha value is -2.04. The highest BCUT2D eigenvalue weighted by molar-refractivity contribution is 5.89. The van der Waals surface area contributed by atoms with Crippen LogP contribution in [0.1, 0.15) is 25.3 Å². The van der Waals surface area contributed by atoms with E-state index in [4.69, 9.17) is 0 Å². The van der Waals surface area contributed by atoms with Gasteiger partial charge in [-0.1, -0.05) is 19.1 Å². The average Bonchev–Trinajstić information content (AvgIpc) is 2.49. The molecule has 3 amide bonds. The van der Waals surface area contributed by atoms with E-state index in [9.17, 15) is 9.59 Å². The number of nitrogens with one attached hydrogen (secondary N) is 2. The second-order valence-electron chi connectivity index (χ2n) is 5.67. The molecule has 2 rings (SSSR count). The van der Waals surface area contributed by atoms with Gasteiger partial charge in [0, 0.05) is 25.8 Å². The number of anilines is 1. The number of carbonyl (C=O) groups excluding carboxylic acids is 2. The third-order valence-corrected chi connectivity index (χ3v) is 3.79. The Kier molecular flexibility index (Phi) is 5.20. The van der Waals surface area contributed by atoms with E-state index < -0.39 is 0 Å².